The second kappa shape index (κ2) is 3.37. The number of alkyl halides is 1. The Morgan fingerprint density at radius 2 is 1.80 bits per heavy atom. The van der Waals surface area contributed by atoms with Crippen molar-refractivity contribution in [3.8, 4) is 0 Å². The third-order valence-electron chi connectivity index (χ3n) is 1.99. The third-order valence-corrected chi connectivity index (χ3v) is 2.91. The van der Waals surface area contributed by atoms with E-state index in [0.717, 1.165) is 25.7 Å². The van der Waals surface area contributed by atoms with E-state index in [1.165, 1.54) is 0 Å². The molecule has 1 rings (SSSR count). The number of carboxylic acids is 1. The van der Waals surface area contributed by atoms with Crippen LogP contribution < -0.4 is 5.11 Å². The quantitative estimate of drug-likeness (QED) is 0.592. The van der Waals surface area contributed by atoms with Gasteiger partial charge in [-0.25, -0.2) is 0 Å². The van der Waals surface area contributed by atoms with Gasteiger partial charge in [-0.1, -0.05) is 15.9 Å². The lowest BCUT2D eigenvalue weighted by Gasteiger charge is -2.25. The average Bonchev–Trinajstić information content (AvgIpc) is 1.88. The van der Waals surface area contributed by atoms with Crippen LogP contribution in [0.4, 0.5) is 0 Å². The summed E-state index contributed by atoms with van der Waals surface area (Å²) in [6.07, 6.45) is 3.49. The number of hydrogen-bond acceptors (Lipinski definition) is 2. The molecule has 58 valence electrons. The molecule has 0 aliphatic heterocycles. The highest BCUT2D eigenvalue weighted by molar-refractivity contribution is 9.09. The summed E-state index contributed by atoms with van der Waals surface area (Å²) in [5.41, 5.74) is 0. The fourth-order valence-corrected chi connectivity index (χ4v) is 1.82. The maximum absolute atomic E-state index is 10.3. The largest absolute Gasteiger partial charge is 0.550 e. The van der Waals surface area contributed by atoms with E-state index in [1.807, 2.05) is 0 Å². The van der Waals surface area contributed by atoms with Gasteiger partial charge in [0.2, 0.25) is 0 Å². The van der Waals surface area contributed by atoms with Crippen LogP contribution in [0.15, 0.2) is 0 Å². The Kier molecular flexibility index (Phi) is 2.72. The Morgan fingerprint density at radius 3 is 2.20 bits per heavy atom. The lowest BCUT2D eigenvalue weighted by Crippen LogP contribution is -2.33. The molecule has 0 aromatic rings. The summed E-state index contributed by atoms with van der Waals surface area (Å²) in [6, 6.07) is 0. The predicted octanol–water partition coefficient (Wildman–Crippen LogP) is 0.690. The molecule has 0 unspecified atom stereocenters. The van der Waals surface area contributed by atoms with E-state index in [2.05, 4.69) is 15.9 Å². The molecule has 0 heterocycles. The van der Waals surface area contributed by atoms with Gasteiger partial charge in [-0.2, -0.15) is 0 Å². The van der Waals surface area contributed by atoms with Crippen LogP contribution in [0.3, 0.4) is 0 Å². The van der Waals surface area contributed by atoms with Gasteiger partial charge in [0.25, 0.3) is 0 Å². The Morgan fingerprint density at radius 1 is 1.30 bits per heavy atom. The monoisotopic (exact) mass is 205 g/mol. The van der Waals surface area contributed by atoms with E-state index in [-0.39, 0.29) is 5.92 Å². The molecule has 1 aliphatic carbocycles. The van der Waals surface area contributed by atoms with Crippen LogP contribution in [0.25, 0.3) is 0 Å². The summed E-state index contributed by atoms with van der Waals surface area (Å²) in [7, 11) is 0. The third kappa shape index (κ3) is 1.97. The molecule has 1 aliphatic rings. The van der Waals surface area contributed by atoms with Gasteiger partial charge >= 0.3 is 0 Å². The molecule has 0 aromatic heterocycles. The minimum absolute atomic E-state index is 0.186. The molecule has 0 saturated heterocycles. The van der Waals surface area contributed by atoms with Gasteiger partial charge in [0.15, 0.2) is 0 Å². The molecule has 0 atom stereocenters. The van der Waals surface area contributed by atoms with Gasteiger partial charge in [0, 0.05) is 10.8 Å². The van der Waals surface area contributed by atoms with Crippen molar-refractivity contribution in [1.82, 2.24) is 0 Å². The number of carboxylic acid groups (broad SMARTS) is 1. The van der Waals surface area contributed by atoms with Crippen LogP contribution in [0.2, 0.25) is 0 Å². The summed E-state index contributed by atoms with van der Waals surface area (Å²) in [6.45, 7) is 0. The maximum atomic E-state index is 10.3. The number of hydrogen-bond donors (Lipinski definition) is 0. The van der Waals surface area contributed by atoms with Crippen LogP contribution in [0.5, 0.6) is 0 Å². The number of halogens is 1. The minimum Gasteiger partial charge on any atom is -0.550 e. The smallest absolute Gasteiger partial charge is 0.0445 e. The number of rotatable bonds is 1. The number of aliphatic carboxylic acids is 1. The molecule has 10 heavy (non-hydrogen) atoms. The summed E-state index contributed by atoms with van der Waals surface area (Å²) in [5, 5.41) is 10.3. The van der Waals surface area contributed by atoms with E-state index in [9.17, 15) is 9.90 Å². The summed E-state index contributed by atoms with van der Waals surface area (Å²) >= 11 is 3.45. The fourth-order valence-electron chi connectivity index (χ4n) is 1.29. The first-order valence-corrected chi connectivity index (χ1v) is 4.46. The van der Waals surface area contributed by atoms with Crippen molar-refractivity contribution in [2.24, 2.45) is 5.92 Å². The van der Waals surface area contributed by atoms with E-state index < -0.39 is 5.97 Å². The molecule has 1 saturated carbocycles. The summed E-state index contributed by atoms with van der Waals surface area (Å²) < 4.78 is 0. The summed E-state index contributed by atoms with van der Waals surface area (Å²) in [5.74, 6) is -1.06. The van der Waals surface area contributed by atoms with Gasteiger partial charge in [-0.05, 0) is 31.6 Å². The van der Waals surface area contributed by atoms with Crippen LogP contribution in [0, 0.1) is 5.92 Å². The zero-order valence-electron chi connectivity index (χ0n) is 5.68. The highest BCUT2D eigenvalue weighted by Gasteiger charge is 2.19. The molecule has 0 aromatic carbocycles. The van der Waals surface area contributed by atoms with E-state index in [4.69, 9.17) is 0 Å². The molecule has 0 spiro atoms. The molecule has 3 heteroatoms. The Balaban J connectivity index is 2.33. The lowest BCUT2D eigenvalue weighted by atomic mass is 9.89. The normalized spacial score (nSPS) is 33.7. The van der Waals surface area contributed by atoms with Crippen molar-refractivity contribution in [2.75, 3.05) is 0 Å². The van der Waals surface area contributed by atoms with Crippen molar-refractivity contribution in [3.05, 3.63) is 0 Å². The number of carbonyl (C=O) groups is 1. The fraction of sp³-hybridized carbons (Fsp3) is 0.857. The van der Waals surface area contributed by atoms with Crippen LogP contribution in [-0.4, -0.2) is 10.8 Å². The zero-order valence-corrected chi connectivity index (χ0v) is 7.26. The van der Waals surface area contributed by atoms with Crippen molar-refractivity contribution < 1.29 is 9.90 Å². The highest BCUT2D eigenvalue weighted by Crippen LogP contribution is 2.27. The van der Waals surface area contributed by atoms with Crippen molar-refractivity contribution >= 4 is 21.9 Å². The summed E-state index contributed by atoms with van der Waals surface area (Å²) in [4.78, 5) is 10.9. The van der Waals surface area contributed by atoms with Crippen LogP contribution in [0.1, 0.15) is 25.7 Å². The van der Waals surface area contributed by atoms with Gasteiger partial charge in [0.1, 0.15) is 0 Å². The SMILES string of the molecule is O=C([O-])C1CCC(Br)CC1. The van der Waals surface area contributed by atoms with E-state index in [0.29, 0.717) is 4.83 Å². The van der Waals surface area contributed by atoms with Gasteiger partial charge in [-0.15, -0.1) is 0 Å². The van der Waals surface area contributed by atoms with Crippen molar-refractivity contribution in [1.29, 1.82) is 0 Å². The molecule has 1 fully saturated rings. The van der Waals surface area contributed by atoms with Crippen LogP contribution >= 0.6 is 15.9 Å². The first-order valence-electron chi connectivity index (χ1n) is 3.55. The molecule has 0 radical (unpaired) electrons. The average molecular weight is 206 g/mol. The molecule has 0 N–H and O–H groups in total. The first kappa shape index (κ1) is 8.05. The molecule has 2 nitrogen and oxygen atoms in total. The zero-order chi connectivity index (χ0) is 7.56. The van der Waals surface area contributed by atoms with E-state index >= 15 is 0 Å². The lowest BCUT2D eigenvalue weighted by molar-refractivity contribution is -0.312. The molecule has 0 bridgehead atoms. The molecular weight excluding hydrogens is 196 g/mol. The van der Waals surface area contributed by atoms with E-state index in [1.54, 1.807) is 0 Å². The highest BCUT2D eigenvalue weighted by atomic mass is 79.9. The predicted molar refractivity (Wildman–Crippen MR) is 39.7 cm³/mol. The standard InChI is InChI=1S/C7H11BrO2/c8-6-3-1-5(2-4-6)7(9)10/h5-6H,1-4H2,(H,9,10)/p-1. The van der Waals surface area contributed by atoms with Gasteiger partial charge in [-0.3, -0.25) is 0 Å². The first-order chi connectivity index (χ1) is 4.70. The van der Waals surface area contributed by atoms with Crippen LogP contribution in [-0.2, 0) is 4.79 Å². The topological polar surface area (TPSA) is 40.1 Å². The molecular formula is C7H10BrO2-. The van der Waals surface area contributed by atoms with Crippen molar-refractivity contribution in [3.63, 3.8) is 0 Å². The second-order valence-electron chi connectivity index (χ2n) is 2.77. The Bertz CT molecular complexity index is 128. The number of carbonyl (C=O) groups excluding carboxylic acids is 1. The Hall–Kier alpha value is -0.0500. The molecule has 0 amide bonds. The Labute approximate surface area is 68.7 Å². The van der Waals surface area contributed by atoms with Crippen molar-refractivity contribution in [2.45, 2.75) is 30.5 Å². The van der Waals surface area contributed by atoms with Gasteiger partial charge < -0.3 is 9.90 Å². The minimum atomic E-state index is -0.876. The van der Waals surface area contributed by atoms with Gasteiger partial charge in [0.05, 0.1) is 0 Å². The second-order valence-corrected chi connectivity index (χ2v) is 4.06. The maximum Gasteiger partial charge on any atom is 0.0445 e.